The summed E-state index contributed by atoms with van der Waals surface area (Å²) in [6.07, 6.45) is 4.39. The number of hydrogen-bond donors (Lipinski definition) is 1. The van der Waals surface area contributed by atoms with Gasteiger partial charge >= 0.3 is 8.56 Å². The monoisotopic (exact) mass is 410 g/mol. The van der Waals surface area contributed by atoms with Crippen LogP contribution in [-0.2, 0) is 8.85 Å². The zero-order chi connectivity index (χ0) is 20.5. The van der Waals surface area contributed by atoms with E-state index in [0.717, 1.165) is 25.7 Å². The van der Waals surface area contributed by atoms with Gasteiger partial charge in [-0.2, -0.15) is 0 Å². The zero-order valence-electron chi connectivity index (χ0n) is 17.9. The molecule has 4 rings (SSSR count). The molecule has 2 aromatic carbocycles. The van der Waals surface area contributed by atoms with Gasteiger partial charge in [0.2, 0.25) is 0 Å². The van der Waals surface area contributed by atoms with E-state index >= 15 is 0 Å². The number of fused-ring (bicyclic) bond motifs is 1. The molecule has 1 saturated heterocycles. The molecule has 1 saturated carbocycles. The van der Waals surface area contributed by atoms with E-state index in [1.165, 1.54) is 10.4 Å². The second-order valence-electron chi connectivity index (χ2n) is 9.40. The highest BCUT2D eigenvalue weighted by Crippen LogP contribution is 2.43. The standard InChI is InChI=1S/C25H34O3Si/c1-19-11-10-16-23(25(2,3)26)22-17-18-27-29(28-24(19)22,20-12-6-4-7-13-20)21-14-8-5-9-15-21/h4-9,12-15,19,22-24,26H,10-11,16-18H2,1-3H3/t19-,22+,23-,24-/m1/s1. The van der Waals surface area contributed by atoms with Gasteiger partial charge in [-0.05, 0) is 61.2 Å². The lowest BCUT2D eigenvalue weighted by Crippen LogP contribution is -2.65. The minimum Gasteiger partial charge on any atom is -0.390 e. The molecular formula is C25H34O3Si. The van der Waals surface area contributed by atoms with Crippen molar-refractivity contribution in [1.29, 1.82) is 0 Å². The molecule has 0 aromatic heterocycles. The van der Waals surface area contributed by atoms with Gasteiger partial charge in [-0.3, -0.25) is 0 Å². The van der Waals surface area contributed by atoms with Crippen molar-refractivity contribution in [1.82, 2.24) is 0 Å². The Balaban J connectivity index is 1.81. The minimum atomic E-state index is -2.83. The van der Waals surface area contributed by atoms with E-state index in [-0.39, 0.29) is 12.0 Å². The van der Waals surface area contributed by atoms with Crippen molar-refractivity contribution in [3.8, 4) is 0 Å². The Bertz CT molecular complexity index is 747. The van der Waals surface area contributed by atoms with Crippen molar-refractivity contribution in [3.05, 3.63) is 60.7 Å². The molecular weight excluding hydrogens is 376 g/mol. The molecule has 2 aromatic rings. The summed E-state index contributed by atoms with van der Waals surface area (Å²) in [6.45, 7) is 6.94. The molecule has 4 heteroatoms. The van der Waals surface area contributed by atoms with Crippen molar-refractivity contribution in [2.24, 2.45) is 17.8 Å². The highest BCUT2D eigenvalue weighted by atomic mass is 28.4. The first-order valence-electron chi connectivity index (χ1n) is 11.1. The van der Waals surface area contributed by atoms with Gasteiger partial charge in [0.25, 0.3) is 0 Å². The van der Waals surface area contributed by atoms with Crippen LogP contribution >= 0.6 is 0 Å². The molecule has 0 bridgehead atoms. The normalized spacial score (nSPS) is 30.1. The van der Waals surface area contributed by atoms with Crippen LogP contribution in [0.4, 0.5) is 0 Å². The molecule has 2 fully saturated rings. The van der Waals surface area contributed by atoms with E-state index in [0.29, 0.717) is 18.4 Å². The van der Waals surface area contributed by atoms with Gasteiger partial charge < -0.3 is 14.0 Å². The quantitative estimate of drug-likeness (QED) is 0.781. The summed E-state index contributed by atoms with van der Waals surface area (Å²) in [5.74, 6) is 1.00. The summed E-state index contributed by atoms with van der Waals surface area (Å²) >= 11 is 0. The first-order chi connectivity index (χ1) is 13.9. The van der Waals surface area contributed by atoms with Crippen LogP contribution < -0.4 is 10.4 Å². The lowest BCUT2D eigenvalue weighted by atomic mass is 9.74. The predicted octanol–water partition coefficient (Wildman–Crippen LogP) is 3.87. The zero-order valence-corrected chi connectivity index (χ0v) is 18.9. The summed E-state index contributed by atoms with van der Waals surface area (Å²) in [4.78, 5) is 0. The highest BCUT2D eigenvalue weighted by Gasteiger charge is 2.52. The van der Waals surface area contributed by atoms with Crippen molar-refractivity contribution in [2.45, 2.75) is 58.2 Å². The molecule has 0 radical (unpaired) electrons. The molecule has 1 aliphatic carbocycles. The van der Waals surface area contributed by atoms with E-state index in [1.54, 1.807) is 0 Å². The number of benzene rings is 2. The fourth-order valence-corrected chi connectivity index (χ4v) is 8.95. The molecule has 0 amide bonds. The minimum absolute atomic E-state index is 0.100. The second kappa shape index (κ2) is 8.35. The Kier molecular flexibility index (Phi) is 5.98. The summed E-state index contributed by atoms with van der Waals surface area (Å²) in [6, 6.07) is 21.1. The molecule has 1 N–H and O–H groups in total. The molecule has 0 unspecified atom stereocenters. The molecule has 156 valence electrons. The molecule has 2 aliphatic rings. The van der Waals surface area contributed by atoms with Crippen LogP contribution in [0.15, 0.2) is 60.7 Å². The van der Waals surface area contributed by atoms with E-state index in [1.807, 2.05) is 13.8 Å². The third-order valence-electron chi connectivity index (χ3n) is 6.95. The van der Waals surface area contributed by atoms with Crippen molar-refractivity contribution in [2.75, 3.05) is 6.61 Å². The van der Waals surface area contributed by atoms with Crippen LogP contribution in [0.3, 0.4) is 0 Å². The number of aliphatic hydroxyl groups is 1. The van der Waals surface area contributed by atoms with Crippen LogP contribution in [0.25, 0.3) is 0 Å². The maximum atomic E-state index is 11.0. The lowest BCUT2D eigenvalue weighted by Gasteiger charge is -2.41. The highest BCUT2D eigenvalue weighted by molar-refractivity contribution is 6.92. The van der Waals surface area contributed by atoms with E-state index in [4.69, 9.17) is 8.85 Å². The largest absolute Gasteiger partial charge is 0.407 e. The third-order valence-corrected chi connectivity index (χ3v) is 10.3. The fraction of sp³-hybridized carbons (Fsp3) is 0.520. The third kappa shape index (κ3) is 4.09. The van der Waals surface area contributed by atoms with E-state index < -0.39 is 14.2 Å². The summed E-state index contributed by atoms with van der Waals surface area (Å²) in [5, 5.41) is 13.3. The van der Waals surface area contributed by atoms with Gasteiger partial charge in [-0.15, -0.1) is 0 Å². The van der Waals surface area contributed by atoms with Crippen molar-refractivity contribution < 1.29 is 14.0 Å². The van der Waals surface area contributed by atoms with Gasteiger partial charge in [0.1, 0.15) is 0 Å². The van der Waals surface area contributed by atoms with Gasteiger partial charge in [-0.25, -0.2) is 0 Å². The van der Waals surface area contributed by atoms with Crippen LogP contribution in [0.5, 0.6) is 0 Å². The molecule has 29 heavy (non-hydrogen) atoms. The van der Waals surface area contributed by atoms with Gasteiger partial charge in [0.15, 0.2) is 0 Å². The second-order valence-corrected chi connectivity index (χ2v) is 12.3. The first kappa shape index (κ1) is 20.8. The van der Waals surface area contributed by atoms with Crippen LogP contribution in [-0.4, -0.2) is 32.0 Å². The molecule has 3 nitrogen and oxygen atoms in total. The molecule has 1 aliphatic heterocycles. The van der Waals surface area contributed by atoms with E-state index in [2.05, 4.69) is 67.6 Å². The maximum absolute atomic E-state index is 11.0. The average molecular weight is 411 g/mol. The van der Waals surface area contributed by atoms with Crippen molar-refractivity contribution in [3.63, 3.8) is 0 Å². The number of hydrogen-bond acceptors (Lipinski definition) is 3. The SMILES string of the molecule is C[C@@H]1CCC[C@@H](C(C)(C)O)[C@@H]2CCO[Si](c3ccccc3)(c3ccccc3)O[C@@H]21. The summed E-state index contributed by atoms with van der Waals surface area (Å²) < 4.78 is 13.9. The Labute approximate surface area is 176 Å². The molecule has 1 heterocycles. The number of rotatable bonds is 3. The lowest BCUT2D eigenvalue weighted by molar-refractivity contribution is -0.0463. The topological polar surface area (TPSA) is 38.7 Å². The maximum Gasteiger partial charge on any atom is 0.407 e. The first-order valence-corrected chi connectivity index (χ1v) is 12.9. The van der Waals surface area contributed by atoms with E-state index in [9.17, 15) is 5.11 Å². The summed E-state index contributed by atoms with van der Waals surface area (Å²) in [7, 11) is -2.83. The van der Waals surface area contributed by atoms with Crippen molar-refractivity contribution >= 4 is 18.9 Å². The van der Waals surface area contributed by atoms with Crippen LogP contribution in [0, 0.1) is 17.8 Å². The van der Waals surface area contributed by atoms with Crippen LogP contribution in [0.2, 0.25) is 0 Å². The predicted molar refractivity (Wildman–Crippen MR) is 120 cm³/mol. The fourth-order valence-electron chi connectivity index (χ4n) is 5.48. The Hall–Kier alpha value is -1.46. The average Bonchev–Trinajstić information content (AvgIpc) is 3.01. The van der Waals surface area contributed by atoms with Gasteiger partial charge in [0.05, 0.1) is 11.7 Å². The molecule has 4 atom stereocenters. The Morgan fingerprint density at radius 3 is 2.03 bits per heavy atom. The Morgan fingerprint density at radius 2 is 1.48 bits per heavy atom. The van der Waals surface area contributed by atoms with Gasteiger partial charge in [-0.1, -0.05) is 74.0 Å². The smallest absolute Gasteiger partial charge is 0.390 e. The summed E-state index contributed by atoms with van der Waals surface area (Å²) in [5.41, 5.74) is -0.704. The molecule has 0 spiro atoms. The van der Waals surface area contributed by atoms with Crippen LogP contribution in [0.1, 0.15) is 46.5 Å². The van der Waals surface area contributed by atoms with Gasteiger partial charge in [0, 0.05) is 6.61 Å². The Morgan fingerprint density at radius 1 is 0.897 bits per heavy atom.